The number of carbonyl (C=O) groups is 2. The highest BCUT2D eigenvalue weighted by molar-refractivity contribution is 7.21. The molecule has 0 saturated carbocycles. The summed E-state index contributed by atoms with van der Waals surface area (Å²) in [5.74, 6) is 0.0269. The third kappa shape index (κ3) is 4.78. The maximum atomic E-state index is 13.9. The molecule has 10 heteroatoms. The largest absolute Gasteiger partial charge is 0.496 e. The van der Waals surface area contributed by atoms with Gasteiger partial charge in [-0.1, -0.05) is 18.2 Å². The number of amides is 1. The number of aromatic nitrogens is 3. The van der Waals surface area contributed by atoms with Crippen LogP contribution in [0.5, 0.6) is 5.75 Å². The van der Waals surface area contributed by atoms with Crippen LogP contribution in [0.2, 0.25) is 0 Å². The summed E-state index contributed by atoms with van der Waals surface area (Å²) in [4.78, 5) is 39.9. The zero-order chi connectivity index (χ0) is 26.8. The minimum absolute atomic E-state index is 0.0613. The van der Waals surface area contributed by atoms with E-state index in [2.05, 4.69) is 10.2 Å². The van der Waals surface area contributed by atoms with E-state index in [0.717, 1.165) is 37.8 Å². The van der Waals surface area contributed by atoms with Crippen LogP contribution in [0.3, 0.4) is 0 Å². The Hall–Kier alpha value is -4.44. The van der Waals surface area contributed by atoms with Crippen LogP contribution in [0.15, 0.2) is 65.6 Å². The smallest absolute Gasteiger partial charge is 0.307 e. The summed E-state index contributed by atoms with van der Waals surface area (Å²) in [6.45, 7) is 0.424. The van der Waals surface area contributed by atoms with E-state index in [1.807, 2.05) is 42.5 Å². The first-order valence-corrected chi connectivity index (χ1v) is 12.8. The number of esters is 1. The lowest BCUT2D eigenvalue weighted by Crippen LogP contribution is -2.32. The average Bonchev–Trinajstić information content (AvgIpc) is 3.56. The van der Waals surface area contributed by atoms with Crippen molar-refractivity contribution in [2.75, 3.05) is 20.8 Å². The normalized spacial score (nSPS) is 11.1. The Morgan fingerprint density at radius 1 is 1.08 bits per heavy atom. The van der Waals surface area contributed by atoms with E-state index in [9.17, 15) is 14.4 Å². The van der Waals surface area contributed by atoms with Gasteiger partial charge in [-0.25, -0.2) is 0 Å². The molecule has 0 aliphatic rings. The molecule has 194 valence electrons. The van der Waals surface area contributed by atoms with Crippen molar-refractivity contribution in [1.82, 2.24) is 19.7 Å². The average molecular weight is 531 g/mol. The summed E-state index contributed by atoms with van der Waals surface area (Å²) in [5, 5.41) is 9.08. The lowest BCUT2D eigenvalue weighted by Gasteiger charge is -2.21. The first kappa shape index (κ1) is 25.2. The van der Waals surface area contributed by atoms with Crippen molar-refractivity contribution in [3.8, 4) is 16.9 Å². The highest BCUT2D eigenvalue weighted by atomic mass is 32.1. The van der Waals surface area contributed by atoms with Crippen molar-refractivity contribution in [2.45, 2.75) is 13.0 Å². The van der Waals surface area contributed by atoms with E-state index < -0.39 is 5.97 Å². The Morgan fingerprint density at radius 2 is 1.89 bits per heavy atom. The fourth-order valence-electron chi connectivity index (χ4n) is 4.42. The topological polar surface area (TPSA) is 107 Å². The Bertz CT molecular complexity index is 1720. The van der Waals surface area contributed by atoms with Gasteiger partial charge in [0, 0.05) is 46.9 Å². The molecule has 3 aromatic heterocycles. The molecule has 9 nitrogen and oxygen atoms in total. The SMILES string of the molecule is COC(=O)CCN(Cc1[nH]nc2ccccc12)C(=O)c1cc2c(OC)ccc(-c3ccc(=O)n(C)c3)c2s1. The monoisotopic (exact) mass is 530 g/mol. The van der Waals surface area contributed by atoms with Crippen molar-refractivity contribution in [2.24, 2.45) is 7.05 Å². The molecule has 0 radical (unpaired) electrons. The van der Waals surface area contributed by atoms with Gasteiger partial charge in [-0.3, -0.25) is 19.5 Å². The van der Waals surface area contributed by atoms with Gasteiger partial charge in [0.25, 0.3) is 5.91 Å². The van der Waals surface area contributed by atoms with Crippen LogP contribution < -0.4 is 10.3 Å². The van der Waals surface area contributed by atoms with E-state index in [1.54, 1.807) is 31.3 Å². The number of fused-ring (bicyclic) bond motifs is 2. The van der Waals surface area contributed by atoms with Gasteiger partial charge in [0.2, 0.25) is 5.56 Å². The van der Waals surface area contributed by atoms with Crippen LogP contribution >= 0.6 is 11.3 Å². The number of nitrogens with zero attached hydrogens (tertiary/aromatic N) is 3. The molecule has 0 aliphatic heterocycles. The second-order valence-electron chi connectivity index (χ2n) is 8.81. The van der Waals surface area contributed by atoms with E-state index in [1.165, 1.54) is 29.1 Å². The number of carbonyl (C=O) groups excluding carboxylic acids is 2. The van der Waals surface area contributed by atoms with E-state index >= 15 is 0 Å². The van der Waals surface area contributed by atoms with Gasteiger partial charge in [0.15, 0.2) is 0 Å². The molecule has 2 aromatic carbocycles. The number of pyridine rings is 1. The van der Waals surface area contributed by atoms with E-state index in [-0.39, 0.29) is 31.0 Å². The van der Waals surface area contributed by atoms with Gasteiger partial charge in [-0.15, -0.1) is 11.3 Å². The minimum Gasteiger partial charge on any atom is -0.496 e. The quantitative estimate of drug-likeness (QED) is 0.299. The number of H-pyrrole nitrogens is 1. The summed E-state index contributed by atoms with van der Waals surface area (Å²) in [7, 11) is 4.62. The Labute approximate surface area is 222 Å². The van der Waals surface area contributed by atoms with Crippen LogP contribution in [0, 0.1) is 0 Å². The van der Waals surface area contributed by atoms with Crippen molar-refractivity contribution in [1.29, 1.82) is 0 Å². The molecule has 5 rings (SSSR count). The number of hydrogen-bond donors (Lipinski definition) is 1. The van der Waals surface area contributed by atoms with Crippen molar-refractivity contribution >= 4 is 44.2 Å². The van der Waals surface area contributed by atoms with Crippen LogP contribution in [0.1, 0.15) is 21.8 Å². The Balaban J connectivity index is 1.56. The summed E-state index contributed by atoms with van der Waals surface area (Å²) < 4.78 is 12.8. The van der Waals surface area contributed by atoms with Gasteiger partial charge in [-0.05, 0) is 35.9 Å². The highest BCUT2D eigenvalue weighted by Gasteiger charge is 2.23. The molecule has 5 aromatic rings. The van der Waals surface area contributed by atoms with Gasteiger partial charge >= 0.3 is 5.97 Å². The molecular formula is C28H26N4O5S. The van der Waals surface area contributed by atoms with Crippen molar-refractivity contribution < 1.29 is 19.1 Å². The lowest BCUT2D eigenvalue weighted by atomic mass is 10.1. The first-order chi connectivity index (χ1) is 18.4. The van der Waals surface area contributed by atoms with Crippen molar-refractivity contribution in [3.05, 3.63) is 81.7 Å². The molecule has 1 amide bonds. The maximum absolute atomic E-state index is 13.9. The number of nitrogens with one attached hydrogen (secondary N) is 1. The van der Waals surface area contributed by atoms with Crippen LogP contribution in [-0.2, 0) is 23.1 Å². The lowest BCUT2D eigenvalue weighted by molar-refractivity contribution is -0.140. The number of ether oxygens (including phenoxy) is 2. The summed E-state index contributed by atoms with van der Waals surface area (Å²) in [6, 6.07) is 16.6. The third-order valence-corrected chi connectivity index (χ3v) is 7.62. The van der Waals surface area contributed by atoms with Gasteiger partial charge < -0.3 is 18.9 Å². The number of hydrogen-bond acceptors (Lipinski definition) is 7. The number of aromatic amines is 1. The van der Waals surface area contributed by atoms with E-state index in [0.29, 0.717) is 10.6 Å². The zero-order valence-electron chi connectivity index (χ0n) is 21.2. The second kappa shape index (κ2) is 10.5. The number of thiophene rings is 1. The van der Waals surface area contributed by atoms with Crippen LogP contribution in [0.4, 0.5) is 0 Å². The number of para-hydroxylation sites is 1. The molecule has 38 heavy (non-hydrogen) atoms. The molecule has 1 N–H and O–H groups in total. The predicted octanol–water partition coefficient (Wildman–Crippen LogP) is 4.36. The molecule has 3 heterocycles. The molecule has 0 fully saturated rings. The Morgan fingerprint density at radius 3 is 2.66 bits per heavy atom. The van der Waals surface area contributed by atoms with Gasteiger partial charge in [-0.2, -0.15) is 5.10 Å². The van der Waals surface area contributed by atoms with Gasteiger partial charge in [0.05, 0.1) is 43.3 Å². The zero-order valence-corrected chi connectivity index (χ0v) is 22.0. The minimum atomic E-state index is -0.396. The number of methoxy groups -OCH3 is 2. The molecule has 0 bridgehead atoms. The number of rotatable bonds is 8. The molecule has 0 spiro atoms. The number of aryl methyl sites for hydroxylation is 1. The van der Waals surface area contributed by atoms with Crippen LogP contribution in [-0.4, -0.2) is 52.3 Å². The highest BCUT2D eigenvalue weighted by Crippen LogP contribution is 2.40. The fourth-order valence-corrected chi connectivity index (χ4v) is 5.60. The summed E-state index contributed by atoms with van der Waals surface area (Å²) in [5.41, 5.74) is 3.22. The second-order valence-corrected chi connectivity index (χ2v) is 9.86. The third-order valence-electron chi connectivity index (χ3n) is 6.46. The predicted molar refractivity (Wildman–Crippen MR) is 147 cm³/mol. The summed E-state index contributed by atoms with van der Waals surface area (Å²) >= 11 is 1.35. The number of benzene rings is 2. The molecule has 0 unspecified atom stereocenters. The van der Waals surface area contributed by atoms with E-state index in [4.69, 9.17) is 9.47 Å². The van der Waals surface area contributed by atoms with Crippen LogP contribution in [0.25, 0.3) is 32.1 Å². The summed E-state index contributed by atoms with van der Waals surface area (Å²) in [6.07, 6.45) is 1.84. The standard InChI is InChI=1S/C28H26N4O5S/c1-31-15-17(8-11-25(31)33)18-9-10-23(36-2)20-14-24(38-27(18)20)28(35)32(13-12-26(34)37-3)16-22-19-6-4-5-7-21(19)29-30-22/h4-11,14-15H,12-13,16H2,1-3H3,(H,29,30). The molecular weight excluding hydrogens is 504 g/mol. The Kier molecular flexibility index (Phi) is 6.97. The maximum Gasteiger partial charge on any atom is 0.307 e. The van der Waals surface area contributed by atoms with Gasteiger partial charge in [0.1, 0.15) is 5.75 Å². The molecule has 0 atom stereocenters. The molecule has 0 aliphatic carbocycles. The fraction of sp³-hybridized carbons (Fsp3) is 0.214. The first-order valence-electron chi connectivity index (χ1n) is 11.9. The molecule has 0 saturated heterocycles. The van der Waals surface area contributed by atoms with Crippen molar-refractivity contribution in [3.63, 3.8) is 0 Å².